The van der Waals surface area contributed by atoms with Gasteiger partial charge in [0.05, 0.1) is 6.61 Å². The molecule has 0 radical (unpaired) electrons. The van der Waals surface area contributed by atoms with E-state index in [0.717, 1.165) is 5.56 Å². The van der Waals surface area contributed by atoms with Gasteiger partial charge in [-0.15, -0.1) is 0 Å². The summed E-state index contributed by atoms with van der Waals surface area (Å²) in [4.78, 5) is 22.3. The Morgan fingerprint density at radius 3 is 2.41 bits per heavy atom. The van der Waals surface area contributed by atoms with Gasteiger partial charge in [-0.25, -0.2) is 4.79 Å². The van der Waals surface area contributed by atoms with Crippen molar-refractivity contribution in [3.63, 3.8) is 0 Å². The van der Waals surface area contributed by atoms with Gasteiger partial charge < -0.3 is 9.47 Å². The lowest BCUT2D eigenvalue weighted by molar-refractivity contribution is -0.145. The van der Waals surface area contributed by atoms with Gasteiger partial charge in [0.2, 0.25) is 0 Å². The van der Waals surface area contributed by atoms with Gasteiger partial charge in [-0.05, 0) is 12.5 Å². The Labute approximate surface area is 104 Å². The van der Waals surface area contributed by atoms with Crippen LogP contribution < -0.4 is 0 Å². The zero-order valence-electron chi connectivity index (χ0n) is 9.39. The van der Waals surface area contributed by atoms with E-state index in [0.29, 0.717) is 0 Å². The van der Waals surface area contributed by atoms with E-state index < -0.39 is 17.3 Å². The Bertz CT molecular complexity index is 377. The van der Waals surface area contributed by atoms with E-state index in [4.69, 9.17) is 16.3 Å². The number of halogens is 1. The van der Waals surface area contributed by atoms with Crippen molar-refractivity contribution < 1.29 is 19.1 Å². The van der Waals surface area contributed by atoms with Gasteiger partial charge in [0.1, 0.15) is 12.5 Å². The third-order valence-corrected chi connectivity index (χ3v) is 2.25. The Kier molecular flexibility index (Phi) is 5.49. The maximum atomic E-state index is 11.7. The molecule has 1 aromatic carbocycles. The van der Waals surface area contributed by atoms with E-state index in [2.05, 4.69) is 4.74 Å². The summed E-state index contributed by atoms with van der Waals surface area (Å²) in [5, 5.41) is 0. The van der Waals surface area contributed by atoms with Gasteiger partial charge >= 0.3 is 11.4 Å². The monoisotopic (exact) mass is 256 g/mol. The van der Waals surface area contributed by atoms with E-state index in [9.17, 15) is 9.59 Å². The smallest absolute Gasteiger partial charge is 0.403 e. The highest BCUT2D eigenvalue weighted by Gasteiger charge is 2.23. The average Bonchev–Trinajstić information content (AvgIpc) is 2.30. The fourth-order valence-corrected chi connectivity index (χ4v) is 1.44. The minimum atomic E-state index is -0.935. The Balaban J connectivity index is 2.78. The molecule has 4 nitrogen and oxygen atoms in total. The average molecular weight is 257 g/mol. The molecule has 0 heterocycles. The van der Waals surface area contributed by atoms with Crippen molar-refractivity contribution >= 4 is 23.0 Å². The summed E-state index contributed by atoms with van der Waals surface area (Å²) in [6.07, 6.45) is 0. The molecule has 0 aliphatic rings. The van der Waals surface area contributed by atoms with Crippen molar-refractivity contribution in [2.75, 3.05) is 13.2 Å². The number of esters is 1. The number of carbonyl (C=O) groups is 2. The molecule has 0 aliphatic heterocycles. The lowest BCUT2D eigenvalue weighted by Crippen LogP contribution is -2.21. The van der Waals surface area contributed by atoms with Crippen molar-refractivity contribution in [1.29, 1.82) is 0 Å². The normalized spacial score (nSPS) is 11.6. The van der Waals surface area contributed by atoms with Gasteiger partial charge in [0, 0.05) is 11.6 Å². The van der Waals surface area contributed by atoms with Crippen LogP contribution in [0.5, 0.6) is 0 Å². The maximum absolute atomic E-state index is 11.7. The molecule has 1 unspecified atom stereocenters. The molecule has 0 amide bonds. The zero-order chi connectivity index (χ0) is 12.7. The van der Waals surface area contributed by atoms with Gasteiger partial charge in [-0.3, -0.25) is 4.79 Å². The van der Waals surface area contributed by atoms with Crippen LogP contribution >= 0.6 is 11.6 Å². The van der Waals surface area contributed by atoms with Gasteiger partial charge in [0.25, 0.3) is 0 Å². The van der Waals surface area contributed by atoms with Crippen molar-refractivity contribution in [2.24, 2.45) is 0 Å². The van der Waals surface area contributed by atoms with E-state index in [1.165, 1.54) is 0 Å². The van der Waals surface area contributed by atoms with Crippen molar-refractivity contribution in [2.45, 2.75) is 12.8 Å². The van der Waals surface area contributed by atoms with Gasteiger partial charge in [0.15, 0.2) is 0 Å². The van der Waals surface area contributed by atoms with E-state index in [1.807, 2.05) is 6.07 Å². The second kappa shape index (κ2) is 6.91. The number of hydrogen-bond acceptors (Lipinski definition) is 4. The minimum Gasteiger partial charge on any atom is -0.465 e. The molecular weight excluding hydrogens is 244 g/mol. The molecule has 1 rings (SSSR count). The van der Waals surface area contributed by atoms with Crippen molar-refractivity contribution in [3.05, 3.63) is 35.9 Å². The number of carbonyl (C=O) groups excluding carboxylic acids is 2. The summed E-state index contributed by atoms with van der Waals surface area (Å²) in [6, 6.07) is 8.96. The van der Waals surface area contributed by atoms with E-state index in [-0.39, 0.29) is 13.2 Å². The Morgan fingerprint density at radius 1 is 1.24 bits per heavy atom. The van der Waals surface area contributed by atoms with Crippen LogP contribution in [0.4, 0.5) is 4.79 Å². The lowest BCUT2D eigenvalue weighted by atomic mass is 10.0. The first-order chi connectivity index (χ1) is 8.15. The first-order valence-corrected chi connectivity index (χ1v) is 5.56. The summed E-state index contributed by atoms with van der Waals surface area (Å²) in [5.74, 6) is -1.07. The van der Waals surface area contributed by atoms with Crippen LogP contribution in [0.25, 0.3) is 0 Å². The SMILES string of the molecule is CCOC(=O)C(COC(=O)Cl)c1ccccc1. The molecular formula is C12H13ClO4. The maximum Gasteiger partial charge on any atom is 0.403 e. The summed E-state index contributed by atoms with van der Waals surface area (Å²) >= 11 is 5.08. The van der Waals surface area contributed by atoms with Crippen LogP contribution in [0.2, 0.25) is 0 Å². The molecule has 92 valence electrons. The molecule has 5 heteroatoms. The molecule has 1 atom stereocenters. The largest absolute Gasteiger partial charge is 0.465 e. The Morgan fingerprint density at radius 2 is 1.88 bits per heavy atom. The standard InChI is InChI=1S/C12H13ClO4/c1-2-16-11(14)10(8-17-12(13)15)9-6-4-3-5-7-9/h3-7,10H,2,8H2,1H3. The summed E-state index contributed by atoms with van der Waals surface area (Å²) in [7, 11) is 0. The van der Waals surface area contributed by atoms with Crippen LogP contribution in [0, 0.1) is 0 Å². The summed E-state index contributed by atoms with van der Waals surface area (Å²) in [6.45, 7) is 1.87. The fraction of sp³-hybridized carbons (Fsp3) is 0.333. The van der Waals surface area contributed by atoms with Crippen molar-refractivity contribution in [3.8, 4) is 0 Å². The molecule has 0 N–H and O–H groups in total. The first kappa shape index (κ1) is 13.5. The molecule has 0 saturated carbocycles. The molecule has 0 saturated heterocycles. The number of benzene rings is 1. The highest BCUT2D eigenvalue weighted by atomic mass is 35.5. The Hall–Kier alpha value is -1.55. The fourth-order valence-electron chi connectivity index (χ4n) is 1.38. The minimum absolute atomic E-state index is 0.120. The van der Waals surface area contributed by atoms with Crippen molar-refractivity contribution in [1.82, 2.24) is 0 Å². The number of hydrogen-bond donors (Lipinski definition) is 0. The van der Waals surface area contributed by atoms with Crippen LogP contribution in [-0.4, -0.2) is 24.6 Å². The lowest BCUT2D eigenvalue weighted by Gasteiger charge is -2.15. The summed E-state index contributed by atoms with van der Waals surface area (Å²) in [5.41, 5.74) is -0.209. The topological polar surface area (TPSA) is 52.6 Å². The molecule has 0 spiro atoms. The predicted octanol–water partition coefficient (Wildman–Crippen LogP) is 2.71. The van der Waals surface area contributed by atoms with E-state index in [1.54, 1.807) is 31.2 Å². The van der Waals surface area contributed by atoms with Crippen LogP contribution in [-0.2, 0) is 14.3 Å². The van der Waals surface area contributed by atoms with E-state index >= 15 is 0 Å². The number of rotatable bonds is 5. The third-order valence-electron chi connectivity index (χ3n) is 2.14. The molecule has 0 fully saturated rings. The molecule has 0 aliphatic carbocycles. The number of ether oxygens (including phenoxy) is 2. The third kappa shape index (κ3) is 4.44. The zero-order valence-corrected chi connectivity index (χ0v) is 10.1. The predicted molar refractivity (Wildman–Crippen MR) is 63.0 cm³/mol. The summed E-state index contributed by atoms with van der Waals surface area (Å²) < 4.78 is 9.57. The van der Waals surface area contributed by atoms with Crippen LogP contribution in [0.1, 0.15) is 18.4 Å². The first-order valence-electron chi connectivity index (χ1n) is 5.19. The van der Waals surface area contributed by atoms with Gasteiger partial charge in [-0.1, -0.05) is 30.3 Å². The molecule has 17 heavy (non-hydrogen) atoms. The quantitative estimate of drug-likeness (QED) is 0.600. The molecule has 0 bridgehead atoms. The van der Waals surface area contributed by atoms with Crippen LogP contribution in [0.3, 0.4) is 0 Å². The second-order valence-corrected chi connectivity index (χ2v) is 3.57. The molecule has 1 aromatic rings. The van der Waals surface area contributed by atoms with Gasteiger partial charge in [-0.2, -0.15) is 0 Å². The highest BCUT2D eigenvalue weighted by Crippen LogP contribution is 2.18. The van der Waals surface area contributed by atoms with Crippen LogP contribution in [0.15, 0.2) is 30.3 Å². The second-order valence-electron chi connectivity index (χ2n) is 3.26. The molecule has 0 aromatic heterocycles. The highest BCUT2D eigenvalue weighted by molar-refractivity contribution is 6.61.